The van der Waals surface area contributed by atoms with Crippen LogP contribution in [0.5, 0.6) is 5.75 Å². The molecule has 3 heteroatoms. The summed E-state index contributed by atoms with van der Waals surface area (Å²) in [6.45, 7) is 1.98. The van der Waals surface area contributed by atoms with E-state index in [-0.39, 0.29) is 5.78 Å². The highest BCUT2D eigenvalue weighted by Gasteiger charge is 2.11. The molecule has 0 aromatic heterocycles. The van der Waals surface area contributed by atoms with E-state index in [1.165, 1.54) is 0 Å². The molecule has 0 radical (unpaired) electrons. The van der Waals surface area contributed by atoms with E-state index in [4.69, 9.17) is 4.74 Å². The molecule has 2 aromatic carbocycles. The van der Waals surface area contributed by atoms with Gasteiger partial charge in [0.05, 0.1) is 7.11 Å². The molecular formula is C16H15BrO2. The molecule has 0 heterocycles. The summed E-state index contributed by atoms with van der Waals surface area (Å²) in [5.41, 5.74) is 2.76. The lowest BCUT2D eigenvalue weighted by Gasteiger charge is -2.06. The largest absolute Gasteiger partial charge is 0.497 e. The number of methoxy groups -OCH3 is 1. The van der Waals surface area contributed by atoms with Crippen molar-refractivity contribution in [3.8, 4) is 5.75 Å². The Bertz CT molecular complexity index is 605. The van der Waals surface area contributed by atoms with Crippen LogP contribution in [0.15, 0.2) is 46.9 Å². The molecule has 0 atom stereocenters. The van der Waals surface area contributed by atoms with Crippen molar-refractivity contribution in [3.05, 3.63) is 63.6 Å². The van der Waals surface area contributed by atoms with Gasteiger partial charge in [0.25, 0.3) is 0 Å². The maximum atomic E-state index is 12.3. The topological polar surface area (TPSA) is 26.3 Å². The van der Waals surface area contributed by atoms with E-state index >= 15 is 0 Å². The van der Waals surface area contributed by atoms with Crippen molar-refractivity contribution in [1.29, 1.82) is 0 Å². The van der Waals surface area contributed by atoms with Gasteiger partial charge in [-0.15, -0.1) is 0 Å². The first-order valence-electron chi connectivity index (χ1n) is 6.02. The van der Waals surface area contributed by atoms with Gasteiger partial charge in [0.2, 0.25) is 0 Å². The average Bonchev–Trinajstić information content (AvgIpc) is 2.41. The number of ketones is 1. The molecule has 0 amide bonds. The van der Waals surface area contributed by atoms with E-state index in [9.17, 15) is 4.79 Å². The van der Waals surface area contributed by atoms with E-state index in [2.05, 4.69) is 15.9 Å². The van der Waals surface area contributed by atoms with Crippen LogP contribution in [0.1, 0.15) is 21.5 Å². The molecule has 2 aromatic rings. The molecule has 0 aliphatic rings. The fraction of sp³-hybridized carbons (Fsp3) is 0.188. The minimum absolute atomic E-state index is 0.101. The molecule has 0 spiro atoms. The molecule has 19 heavy (non-hydrogen) atoms. The second-order valence-corrected chi connectivity index (χ2v) is 5.29. The molecule has 2 nitrogen and oxygen atoms in total. The summed E-state index contributed by atoms with van der Waals surface area (Å²) in [4.78, 5) is 12.3. The summed E-state index contributed by atoms with van der Waals surface area (Å²) in [7, 11) is 1.62. The monoisotopic (exact) mass is 318 g/mol. The highest BCUT2D eigenvalue weighted by molar-refractivity contribution is 9.10. The minimum Gasteiger partial charge on any atom is -0.497 e. The number of carbonyl (C=O) groups excluding carboxylic acids is 1. The lowest BCUT2D eigenvalue weighted by molar-refractivity contribution is 0.0992. The highest BCUT2D eigenvalue weighted by atomic mass is 79.9. The fourth-order valence-corrected chi connectivity index (χ4v) is 2.38. The number of ether oxygens (including phenoxy) is 1. The van der Waals surface area contributed by atoms with Gasteiger partial charge in [-0.05, 0) is 36.8 Å². The van der Waals surface area contributed by atoms with Crippen LogP contribution < -0.4 is 4.74 Å². The third-order valence-electron chi connectivity index (χ3n) is 2.92. The van der Waals surface area contributed by atoms with Crippen molar-refractivity contribution in [1.82, 2.24) is 0 Å². The molecule has 0 aliphatic carbocycles. The van der Waals surface area contributed by atoms with Crippen LogP contribution in [0.3, 0.4) is 0 Å². The number of rotatable bonds is 4. The van der Waals surface area contributed by atoms with Crippen molar-refractivity contribution in [2.75, 3.05) is 7.11 Å². The molecule has 2 rings (SSSR count). The Kier molecular flexibility index (Phi) is 4.38. The van der Waals surface area contributed by atoms with Crippen LogP contribution >= 0.6 is 15.9 Å². The zero-order chi connectivity index (χ0) is 13.8. The van der Waals surface area contributed by atoms with Crippen LogP contribution in [-0.4, -0.2) is 12.9 Å². The molecule has 0 saturated heterocycles. The summed E-state index contributed by atoms with van der Waals surface area (Å²) in [5.74, 6) is 0.873. The standard InChI is InChI=1S/C16H15BrO2/c1-11-6-7-15(17)14(8-11)16(18)10-12-4-3-5-13(9-12)19-2/h3-9H,10H2,1-2H3. The van der Waals surface area contributed by atoms with Crippen LogP contribution in [0.4, 0.5) is 0 Å². The first-order chi connectivity index (χ1) is 9.10. The van der Waals surface area contributed by atoms with Crippen LogP contribution in [0.25, 0.3) is 0 Å². The SMILES string of the molecule is COc1cccc(CC(=O)c2cc(C)ccc2Br)c1. The lowest BCUT2D eigenvalue weighted by atomic mass is 10.0. The zero-order valence-electron chi connectivity index (χ0n) is 10.9. The van der Waals surface area contributed by atoms with E-state index in [1.807, 2.05) is 49.4 Å². The van der Waals surface area contributed by atoms with Gasteiger partial charge in [0, 0.05) is 16.5 Å². The van der Waals surface area contributed by atoms with Crippen molar-refractivity contribution < 1.29 is 9.53 Å². The fourth-order valence-electron chi connectivity index (χ4n) is 1.92. The Morgan fingerprint density at radius 3 is 2.74 bits per heavy atom. The van der Waals surface area contributed by atoms with Gasteiger partial charge in [-0.2, -0.15) is 0 Å². The zero-order valence-corrected chi connectivity index (χ0v) is 12.5. The average molecular weight is 319 g/mol. The van der Waals surface area contributed by atoms with Gasteiger partial charge < -0.3 is 4.74 Å². The predicted molar refractivity (Wildman–Crippen MR) is 79.9 cm³/mol. The van der Waals surface area contributed by atoms with Gasteiger partial charge in [0.1, 0.15) is 5.75 Å². The minimum atomic E-state index is 0.101. The Balaban J connectivity index is 2.23. The van der Waals surface area contributed by atoms with Crippen LogP contribution in [0.2, 0.25) is 0 Å². The highest BCUT2D eigenvalue weighted by Crippen LogP contribution is 2.21. The molecule has 0 N–H and O–H groups in total. The Labute approximate surface area is 121 Å². The number of carbonyl (C=O) groups is 1. The number of hydrogen-bond donors (Lipinski definition) is 0. The van der Waals surface area contributed by atoms with Gasteiger partial charge in [0.15, 0.2) is 5.78 Å². The van der Waals surface area contributed by atoms with Crippen molar-refractivity contribution in [3.63, 3.8) is 0 Å². The lowest BCUT2D eigenvalue weighted by Crippen LogP contribution is -2.05. The number of hydrogen-bond acceptors (Lipinski definition) is 2. The summed E-state index contributed by atoms with van der Waals surface area (Å²) >= 11 is 3.43. The number of halogens is 1. The second kappa shape index (κ2) is 6.02. The normalized spacial score (nSPS) is 10.3. The van der Waals surface area contributed by atoms with Gasteiger partial charge in [-0.3, -0.25) is 4.79 Å². The maximum Gasteiger partial charge on any atom is 0.168 e. The van der Waals surface area contributed by atoms with Gasteiger partial charge >= 0.3 is 0 Å². The van der Waals surface area contributed by atoms with Crippen molar-refractivity contribution >= 4 is 21.7 Å². The van der Waals surface area contributed by atoms with E-state index in [0.29, 0.717) is 6.42 Å². The second-order valence-electron chi connectivity index (χ2n) is 4.43. The quantitative estimate of drug-likeness (QED) is 0.790. The molecule has 0 saturated carbocycles. The third-order valence-corrected chi connectivity index (χ3v) is 3.61. The molecule has 0 aliphatic heterocycles. The number of benzene rings is 2. The summed E-state index contributed by atoms with van der Waals surface area (Å²) in [6.07, 6.45) is 0.374. The third kappa shape index (κ3) is 3.44. The van der Waals surface area contributed by atoms with E-state index in [0.717, 1.165) is 26.9 Å². The first kappa shape index (κ1) is 13.8. The smallest absolute Gasteiger partial charge is 0.168 e. The molecule has 0 bridgehead atoms. The summed E-state index contributed by atoms with van der Waals surface area (Å²) in [6, 6.07) is 13.4. The van der Waals surface area contributed by atoms with E-state index < -0.39 is 0 Å². The summed E-state index contributed by atoms with van der Waals surface area (Å²) in [5, 5.41) is 0. The van der Waals surface area contributed by atoms with Crippen molar-refractivity contribution in [2.24, 2.45) is 0 Å². The Morgan fingerprint density at radius 2 is 2.00 bits per heavy atom. The summed E-state index contributed by atoms with van der Waals surface area (Å²) < 4.78 is 6.00. The molecular weight excluding hydrogens is 304 g/mol. The number of Topliss-reactive ketones (excluding diaryl/α,β-unsaturated/α-hetero) is 1. The Hall–Kier alpha value is -1.61. The van der Waals surface area contributed by atoms with Gasteiger partial charge in [-0.25, -0.2) is 0 Å². The molecule has 0 fully saturated rings. The van der Waals surface area contributed by atoms with E-state index in [1.54, 1.807) is 7.11 Å². The number of aryl methyl sites for hydroxylation is 1. The molecule has 98 valence electrons. The van der Waals surface area contributed by atoms with Crippen LogP contribution in [0, 0.1) is 6.92 Å². The van der Waals surface area contributed by atoms with Crippen LogP contribution in [-0.2, 0) is 6.42 Å². The first-order valence-corrected chi connectivity index (χ1v) is 6.81. The maximum absolute atomic E-state index is 12.3. The predicted octanol–water partition coefficient (Wildman–Crippen LogP) is 4.19. The van der Waals surface area contributed by atoms with Gasteiger partial charge in [-0.1, -0.05) is 39.7 Å². The Morgan fingerprint density at radius 1 is 1.21 bits per heavy atom. The van der Waals surface area contributed by atoms with Crippen molar-refractivity contribution in [2.45, 2.75) is 13.3 Å². The molecule has 0 unspecified atom stereocenters.